The summed E-state index contributed by atoms with van der Waals surface area (Å²) in [5.41, 5.74) is 0.729. The van der Waals surface area contributed by atoms with Gasteiger partial charge in [-0.1, -0.05) is 0 Å². The van der Waals surface area contributed by atoms with Gasteiger partial charge in [0.1, 0.15) is 23.1 Å². The second-order valence-corrected chi connectivity index (χ2v) is 3.73. The summed E-state index contributed by atoms with van der Waals surface area (Å²) in [4.78, 5) is 0. The summed E-state index contributed by atoms with van der Waals surface area (Å²) in [5, 5.41) is 9.85. The minimum absolute atomic E-state index is 0.0292. The lowest BCUT2D eigenvalue weighted by molar-refractivity contribution is 0.407. The first-order valence-electron chi connectivity index (χ1n) is 5.36. The van der Waals surface area contributed by atoms with E-state index < -0.39 is 5.82 Å². The van der Waals surface area contributed by atoms with Crippen LogP contribution < -0.4 is 9.47 Å². The number of methoxy groups -OCH3 is 2. The molecule has 0 amide bonds. The lowest BCUT2D eigenvalue weighted by atomic mass is 10.0. The van der Waals surface area contributed by atoms with Gasteiger partial charge in [0.05, 0.1) is 14.2 Å². The average molecular weight is 248 g/mol. The molecule has 0 spiro atoms. The van der Waals surface area contributed by atoms with Gasteiger partial charge in [-0.25, -0.2) is 4.39 Å². The van der Waals surface area contributed by atoms with Crippen LogP contribution in [0, 0.1) is 5.82 Å². The van der Waals surface area contributed by atoms with Crippen LogP contribution in [0.2, 0.25) is 0 Å². The fourth-order valence-corrected chi connectivity index (χ4v) is 1.71. The van der Waals surface area contributed by atoms with Crippen LogP contribution in [0.25, 0.3) is 11.1 Å². The van der Waals surface area contributed by atoms with Gasteiger partial charge in [0.25, 0.3) is 0 Å². The normalized spacial score (nSPS) is 10.2. The van der Waals surface area contributed by atoms with Gasteiger partial charge in [0.15, 0.2) is 0 Å². The van der Waals surface area contributed by atoms with Crippen molar-refractivity contribution in [2.45, 2.75) is 0 Å². The number of hydrogen-bond donors (Lipinski definition) is 1. The highest BCUT2D eigenvalue weighted by Crippen LogP contribution is 2.34. The minimum Gasteiger partial charge on any atom is -0.507 e. The number of rotatable bonds is 3. The maximum absolute atomic E-state index is 13.9. The van der Waals surface area contributed by atoms with Crippen LogP contribution in [0.4, 0.5) is 4.39 Å². The van der Waals surface area contributed by atoms with Crippen molar-refractivity contribution < 1.29 is 19.0 Å². The molecule has 0 fully saturated rings. The predicted molar refractivity (Wildman–Crippen MR) is 66.6 cm³/mol. The van der Waals surface area contributed by atoms with Gasteiger partial charge in [0, 0.05) is 23.3 Å². The van der Waals surface area contributed by atoms with Gasteiger partial charge in [-0.2, -0.15) is 0 Å². The molecule has 0 aromatic heterocycles. The first-order valence-corrected chi connectivity index (χ1v) is 5.36. The van der Waals surface area contributed by atoms with Crippen LogP contribution in [-0.2, 0) is 0 Å². The third-order valence-electron chi connectivity index (χ3n) is 2.67. The lowest BCUT2D eigenvalue weighted by Crippen LogP contribution is -1.89. The number of benzene rings is 2. The zero-order valence-electron chi connectivity index (χ0n) is 10.1. The van der Waals surface area contributed by atoms with E-state index in [0.717, 1.165) is 0 Å². The largest absolute Gasteiger partial charge is 0.507 e. The molecule has 2 rings (SSSR count). The van der Waals surface area contributed by atoms with Gasteiger partial charge < -0.3 is 14.6 Å². The summed E-state index contributed by atoms with van der Waals surface area (Å²) in [6, 6.07) is 9.20. The van der Waals surface area contributed by atoms with Crippen molar-refractivity contribution >= 4 is 0 Å². The monoisotopic (exact) mass is 248 g/mol. The molecule has 1 N–H and O–H groups in total. The molecule has 0 aliphatic carbocycles. The second kappa shape index (κ2) is 4.96. The molecule has 94 valence electrons. The highest BCUT2D eigenvalue weighted by Gasteiger charge is 2.11. The molecular weight excluding hydrogens is 235 g/mol. The van der Waals surface area contributed by atoms with E-state index in [9.17, 15) is 9.50 Å². The summed E-state index contributed by atoms with van der Waals surface area (Å²) in [5.74, 6) is 0.475. The molecule has 2 aromatic carbocycles. The minimum atomic E-state index is -0.449. The Bertz CT molecular complexity index is 515. The van der Waals surface area contributed by atoms with Gasteiger partial charge in [0.2, 0.25) is 0 Å². The number of hydrogen-bond acceptors (Lipinski definition) is 3. The molecule has 0 radical (unpaired) electrons. The first kappa shape index (κ1) is 12.2. The third kappa shape index (κ3) is 2.22. The SMILES string of the molecule is COc1ccc(-c2ccc(OC)cc2F)c(O)c1. The molecule has 0 aliphatic heterocycles. The van der Waals surface area contributed by atoms with Gasteiger partial charge in [-0.05, 0) is 24.3 Å². The molecule has 4 heteroatoms. The van der Waals surface area contributed by atoms with Crippen LogP contribution in [0.3, 0.4) is 0 Å². The Kier molecular flexibility index (Phi) is 3.37. The molecule has 0 heterocycles. The molecule has 0 saturated carbocycles. The third-order valence-corrected chi connectivity index (χ3v) is 2.67. The molecule has 0 unspecified atom stereocenters. The van der Waals surface area contributed by atoms with E-state index in [0.29, 0.717) is 22.6 Å². The van der Waals surface area contributed by atoms with Crippen molar-refractivity contribution in [2.24, 2.45) is 0 Å². The Morgan fingerprint density at radius 2 is 1.44 bits per heavy atom. The van der Waals surface area contributed by atoms with Crippen molar-refractivity contribution in [1.82, 2.24) is 0 Å². The van der Waals surface area contributed by atoms with Crippen LogP contribution in [0.15, 0.2) is 36.4 Å². The Morgan fingerprint density at radius 1 is 0.889 bits per heavy atom. The van der Waals surface area contributed by atoms with E-state index in [1.807, 2.05) is 0 Å². The van der Waals surface area contributed by atoms with Crippen molar-refractivity contribution in [3.8, 4) is 28.4 Å². The molecule has 3 nitrogen and oxygen atoms in total. The molecule has 0 aliphatic rings. The Hall–Kier alpha value is -2.23. The Labute approximate surface area is 104 Å². The Balaban J connectivity index is 2.48. The second-order valence-electron chi connectivity index (χ2n) is 3.73. The quantitative estimate of drug-likeness (QED) is 0.906. The maximum atomic E-state index is 13.9. The maximum Gasteiger partial charge on any atom is 0.134 e. The number of halogens is 1. The summed E-state index contributed by atoms with van der Waals surface area (Å²) in [7, 11) is 2.97. The standard InChI is InChI=1S/C14H13FO3/c1-17-9-3-5-11(13(15)7-9)12-6-4-10(18-2)8-14(12)16/h3-8,16H,1-2H3. The fourth-order valence-electron chi connectivity index (χ4n) is 1.71. The Morgan fingerprint density at radius 3 is 1.94 bits per heavy atom. The predicted octanol–water partition coefficient (Wildman–Crippen LogP) is 3.22. The van der Waals surface area contributed by atoms with Gasteiger partial charge in [-0.15, -0.1) is 0 Å². The number of phenols is 1. The summed E-state index contributed by atoms with van der Waals surface area (Å²) in [6.07, 6.45) is 0. The van der Waals surface area contributed by atoms with Gasteiger partial charge >= 0.3 is 0 Å². The molecule has 18 heavy (non-hydrogen) atoms. The smallest absolute Gasteiger partial charge is 0.134 e. The number of phenolic OH excluding ortho intramolecular Hbond substituents is 1. The highest BCUT2D eigenvalue weighted by atomic mass is 19.1. The van der Waals surface area contributed by atoms with Crippen LogP contribution in [-0.4, -0.2) is 19.3 Å². The topological polar surface area (TPSA) is 38.7 Å². The summed E-state index contributed by atoms with van der Waals surface area (Å²) in [6.45, 7) is 0. The molecule has 0 saturated heterocycles. The lowest BCUT2D eigenvalue weighted by Gasteiger charge is -2.09. The highest BCUT2D eigenvalue weighted by molar-refractivity contribution is 5.72. The van der Waals surface area contributed by atoms with Crippen LogP contribution in [0.1, 0.15) is 0 Å². The van der Waals surface area contributed by atoms with Crippen molar-refractivity contribution in [3.63, 3.8) is 0 Å². The van der Waals surface area contributed by atoms with Crippen LogP contribution in [0.5, 0.6) is 17.2 Å². The summed E-state index contributed by atoms with van der Waals surface area (Å²) < 4.78 is 23.8. The van der Waals surface area contributed by atoms with E-state index in [4.69, 9.17) is 9.47 Å². The fraction of sp³-hybridized carbons (Fsp3) is 0.143. The summed E-state index contributed by atoms with van der Waals surface area (Å²) >= 11 is 0. The average Bonchev–Trinajstić information content (AvgIpc) is 2.39. The van der Waals surface area contributed by atoms with Crippen LogP contribution >= 0.6 is 0 Å². The van der Waals surface area contributed by atoms with Crippen molar-refractivity contribution in [2.75, 3.05) is 14.2 Å². The number of ether oxygens (including phenoxy) is 2. The van der Waals surface area contributed by atoms with E-state index in [1.165, 1.54) is 26.4 Å². The van der Waals surface area contributed by atoms with Crippen molar-refractivity contribution in [3.05, 3.63) is 42.2 Å². The zero-order chi connectivity index (χ0) is 13.1. The molecule has 0 atom stereocenters. The van der Waals surface area contributed by atoms with E-state index in [-0.39, 0.29) is 5.75 Å². The van der Waals surface area contributed by atoms with Crippen molar-refractivity contribution in [1.29, 1.82) is 0 Å². The van der Waals surface area contributed by atoms with Gasteiger partial charge in [-0.3, -0.25) is 0 Å². The molecule has 0 bridgehead atoms. The van der Waals surface area contributed by atoms with E-state index in [2.05, 4.69) is 0 Å². The molecular formula is C14H13FO3. The number of aromatic hydroxyl groups is 1. The van der Waals surface area contributed by atoms with E-state index in [1.54, 1.807) is 24.3 Å². The molecule has 2 aromatic rings. The van der Waals surface area contributed by atoms with E-state index >= 15 is 0 Å². The zero-order valence-corrected chi connectivity index (χ0v) is 10.1. The first-order chi connectivity index (χ1) is 8.65.